The van der Waals surface area contributed by atoms with Gasteiger partial charge in [0, 0.05) is 6.61 Å². The van der Waals surface area contributed by atoms with Gasteiger partial charge in [-0.3, -0.25) is 0 Å². The Hall–Kier alpha value is -0.600. The average molecular weight is 306 g/mol. The van der Waals surface area contributed by atoms with Crippen LogP contribution < -0.4 is 0 Å². The molecule has 0 unspecified atom stereocenters. The van der Waals surface area contributed by atoms with Crippen LogP contribution in [0, 0.1) is 22.7 Å². The Labute approximate surface area is 136 Å². The van der Waals surface area contributed by atoms with E-state index in [1.807, 2.05) is 6.92 Å². The van der Waals surface area contributed by atoms with Gasteiger partial charge in [0.15, 0.2) is 0 Å². The van der Waals surface area contributed by atoms with E-state index in [1.165, 1.54) is 18.4 Å². The lowest BCUT2D eigenvalue weighted by Crippen LogP contribution is -2.52. The molecule has 2 aliphatic rings. The van der Waals surface area contributed by atoms with Crippen LogP contribution in [0.4, 0.5) is 0 Å². The molecule has 2 fully saturated rings. The predicted molar refractivity (Wildman–Crippen MR) is 92.6 cm³/mol. The van der Waals surface area contributed by atoms with Crippen molar-refractivity contribution < 1.29 is 10.2 Å². The summed E-state index contributed by atoms with van der Waals surface area (Å²) in [5.41, 5.74) is 0.814. The van der Waals surface area contributed by atoms with Crippen LogP contribution >= 0.6 is 0 Å². The summed E-state index contributed by atoms with van der Waals surface area (Å²) >= 11 is 0. The van der Waals surface area contributed by atoms with E-state index in [4.69, 9.17) is 0 Å². The molecule has 5 atom stereocenters. The van der Waals surface area contributed by atoms with Gasteiger partial charge >= 0.3 is 0 Å². The van der Waals surface area contributed by atoms with Gasteiger partial charge in [0.25, 0.3) is 0 Å². The molecule has 2 saturated carbocycles. The molecule has 126 valence electrons. The molecule has 0 bridgehead atoms. The van der Waals surface area contributed by atoms with Crippen LogP contribution in [0.25, 0.3) is 0 Å². The van der Waals surface area contributed by atoms with E-state index in [2.05, 4.69) is 27.0 Å². The van der Waals surface area contributed by atoms with Gasteiger partial charge in [-0.25, -0.2) is 0 Å². The van der Waals surface area contributed by atoms with Crippen LogP contribution in [0.2, 0.25) is 0 Å². The van der Waals surface area contributed by atoms with Gasteiger partial charge in [0.2, 0.25) is 0 Å². The minimum Gasteiger partial charge on any atom is -0.396 e. The van der Waals surface area contributed by atoms with E-state index in [1.54, 1.807) is 6.08 Å². The molecule has 0 aromatic rings. The number of allylic oxidation sites excluding steroid dienone is 1. The first-order valence-corrected chi connectivity index (χ1v) is 8.83. The van der Waals surface area contributed by atoms with Crippen molar-refractivity contribution in [1.82, 2.24) is 0 Å². The smallest absolute Gasteiger partial charge is 0.0797 e. The van der Waals surface area contributed by atoms with Gasteiger partial charge in [0.1, 0.15) is 0 Å². The number of hydrogen-bond acceptors (Lipinski definition) is 2. The molecular formula is C20H34O2. The normalized spacial score (nSPS) is 41.6. The van der Waals surface area contributed by atoms with Crippen LogP contribution in [0.1, 0.15) is 65.7 Å². The summed E-state index contributed by atoms with van der Waals surface area (Å²) in [6.07, 6.45) is 9.10. The second-order valence-corrected chi connectivity index (χ2v) is 8.57. The molecule has 2 heteroatoms. The highest BCUT2D eigenvalue weighted by molar-refractivity contribution is 5.16. The zero-order valence-electron chi connectivity index (χ0n) is 14.7. The van der Waals surface area contributed by atoms with Crippen LogP contribution in [0.5, 0.6) is 0 Å². The number of fused-ring (bicyclic) bond motifs is 1. The quantitative estimate of drug-likeness (QED) is 0.735. The molecule has 0 aromatic carbocycles. The molecule has 0 amide bonds. The SMILES string of the molecule is C=C[C@@](C)(O)CC[C@@H]1C(=C)CC[C@@H]2[C@@](C)(CO)CCC[C@]12C. The highest BCUT2D eigenvalue weighted by Crippen LogP contribution is 2.61. The third kappa shape index (κ3) is 3.05. The fourth-order valence-corrected chi connectivity index (χ4v) is 5.34. The molecule has 2 nitrogen and oxygen atoms in total. The second kappa shape index (κ2) is 6.13. The Bertz CT molecular complexity index is 439. The Kier molecular flexibility index (Phi) is 4.94. The fraction of sp³-hybridized carbons (Fsp3) is 0.800. The highest BCUT2D eigenvalue weighted by Gasteiger charge is 2.54. The number of aliphatic hydroxyl groups excluding tert-OH is 1. The van der Waals surface area contributed by atoms with Gasteiger partial charge in [-0.15, -0.1) is 6.58 Å². The summed E-state index contributed by atoms with van der Waals surface area (Å²) in [4.78, 5) is 0. The van der Waals surface area contributed by atoms with Gasteiger partial charge in [0.05, 0.1) is 5.60 Å². The van der Waals surface area contributed by atoms with Crippen molar-refractivity contribution in [1.29, 1.82) is 0 Å². The van der Waals surface area contributed by atoms with Crippen molar-refractivity contribution in [3.8, 4) is 0 Å². The lowest BCUT2D eigenvalue weighted by Gasteiger charge is -2.58. The fourth-order valence-electron chi connectivity index (χ4n) is 5.34. The van der Waals surface area contributed by atoms with Crippen molar-refractivity contribution in [3.05, 3.63) is 24.8 Å². The van der Waals surface area contributed by atoms with Crippen LogP contribution in [-0.4, -0.2) is 22.4 Å². The third-order valence-corrected chi connectivity index (χ3v) is 6.88. The molecule has 0 spiro atoms. The van der Waals surface area contributed by atoms with Crippen molar-refractivity contribution in [3.63, 3.8) is 0 Å². The standard InChI is InChI=1S/C20H34O2/c1-6-19(4,22)13-10-16-15(2)8-9-17-18(3,14-21)11-7-12-20(16,17)5/h6,16-17,21-22H,1-2,7-14H2,3-5H3/t16-,17-,18-,19-,20-/m1/s1. The van der Waals surface area contributed by atoms with E-state index < -0.39 is 5.60 Å². The maximum absolute atomic E-state index is 10.3. The average Bonchev–Trinajstić information content (AvgIpc) is 2.46. The molecule has 0 radical (unpaired) electrons. The second-order valence-electron chi connectivity index (χ2n) is 8.57. The Morgan fingerprint density at radius 3 is 2.64 bits per heavy atom. The van der Waals surface area contributed by atoms with Crippen LogP contribution in [0.15, 0.2) is 24.8 Å². The lowest BCUT2D eigenvalue weighted by molar-refractivity contribution is -0.0885. The Morgan fingerprint density at radius 1 is 1.36 bits per heavy atom. The van der Waals surface area contributed by atoms with Crippen LogP contribution in [-0.2, 0) is 0 Å². The van der Waals surface area contributed by atoms with Gasteiger partial charge in [-0.05, 0) is 68.1 Å². The minimum absolute atomic E-state index is 0.0485. The zero-order valence-corrected chi connectivity index (χ0v) is 14.7. The summed E-state index contributed by atoms with van der Waals surface area (Å²) in [6.45, 7) is 14.9. The van der Waals surface area contributed by atoms with Crippen molar-refractivity contribution in [2.75, 3.05) is 6.61 Å². The summed E-state index contributed by atoms with van der Waals surface area (Å²) < 4.78 is 0. The Morgan fingerprint density at radius 2 is 2.05 bits per heavy atom. The van der Waals surface area contributed by atoms with Crippen LogP contribution in [0.3, 0.4) is 0 Å². The molecule has 22 heavy (non-hydrogen) atoms. The summed E-state index contributed by atoms with van der Waals surface area (Å²) in [6, 6.07) is 0. The molecule has 0 heterocycles. The number of hydrogen-bond donors (Lipinski definition) is 2. The summed E-state index contributed by atoms with van der Waals surface area (Å²) in [7, 11) is 0. The van der Waals surface area contributed by atoms with Gasteiger partial charge in [-0.2, -0.15) is 0 Å². The lowest BCUT2D eigenvalue weighted by atomic mass is 9.46. The molecule has 0 saturated heterocycles. The molecule has 0 aliphatic heterocycles. The number of rotatable bonds is 5. The van der Waals surface area contributed by atoms with E-state index >= 15 is 0 Å². The summed E-state index contributed by atoms with van der Waals surface area (Å²) in [5.74, 6) is 1.01. The first kappa shape index (κ1) is 17.7. The molecule has 2 aliphatic carbocycles. The molecule has 2 rings (SSSR count). The largest absolute Gasteiger partial charge is 0.396 e. The predicted octanol–water partition coefficient (Wildman–Crippen LogP) is 4.47. The highest BCUT2D eigenvalue weighted by atomic mass is 16.3. The number of aliphatic hydroxyl groups is 2. The van der Waals surface area contributed by atoms with E-state index in [0.29, 0.717) is 11.8 Å². The maximum Gasteiger partial charge on any atom is 0.0797 e. The zero-order chi connectivity index (χ0) is 16.6. The van der Waals surface area contributed by atoms with E-state index in [9.17, 15) is 10.2 Å². The van der Waals surface area contributed by atoms with Crippen molar-refractivity contribution in [2.24, 2.45) is 22.7 Å². The minimum atomic E-state index is -0.793. The molecular weight excluding hydrogens is 272 g/mol. The van der Waals surface area contributed by atoms with E-state index in [0.717, 1.165) is 32.1 Å². The Balaban J connectivity index is 2.24. The third-order valence-electron chi connectivity index (χ3n) is 6.88. The first-order valence-electron chi connectivity index (χ1n) is 8.83. The van der Waals surface area contributed by atoms with Gasteiger partial charge < -0.3 is 10.2 Å². The van der Waals surface area contributed by atoms with Crippen molar-refractivity contribution >= 4 is 0 Å². The molecule has 2 N–H and O–H groups in total. The van der Waals surface area contributed by atoms with Gasteiger partial charge in [-0.1, -0.05) is 38.5 Å². The maximum atomic E-state index is 10.3. The van der Waals surface area contributed by atoms with E-state index in [-0.39, 0.29) is 17.4 Å². The molecule has 0 aromatic heterocycles. The van der Waals surface area contributed by atoms with Crippen molar-refractivity contribution in [2.45, 2.75) is 71.3 Å². The topological polar surface area (TPSA) is 40.5 Å². The monoisotopic (exact) mass is 306 g/mol. The first-order chi connectivity index (χ1) is 10.2. The summed E-state index contributed by atoms with van der Waals surface area (Å²) in [5, 5.41) is 20.3.